The fourth-order valence-corrected chi connectivity index (χ4v) is 2.72. The Kier molecular flexibility index (Phi) is 5.09. The van der Waals surface area contributed by atoms with Crippen molar-refractivity contribution in [3.8, 4) is 0 Å². The topological polar surface area (TPSA) is 132 Å². The first-order valence-corrected chi connectivity index (χ1v) is 7.94. The van der Waals surface area contributed by atoms with Gasteiger partial charge >= 0.3 is 0 Å². The van der Waals surface area contributed by atoms with E-state index in [1.165, 1.54) is 12.3 Å². The molecule has 0 saturated carbocycles. The van der Waals surface area contributed by atoms with Gasteiger partial charge in [0.25, 0.3) is 11.6 Å². The van der Waals surface area contributed by atoms with Gasteiger partial charge in [-0.15, -0.1) is 0 Å². The zero-order chi connectivity index (χ0) is 16.9. The van der Waals surface area contributed by atoms with Crippen molar-refractivity contribution in [1.29, 1.82) is 0 Å². The first-order chi connectivity index (χ1) is 10.9. The molecule has 0 unspecified atom stereocenters. The Morgan fingerprint density at radius 2 is 1.87 bits per heavy atom. The molecule has 122 valence electrons. The summed E-state index contributed by atoms with van der Waals surface area (Å²) < 4.78 is 31.1. The van der Waals surface area contributed by atoms with Crippen molar-refractivity contribution in [2.45, 2.75) is 4.90 Å². The number of rotatable bonds is 7. The summed E-state index contributed by atoms with van der Waals surface area (Å²) in [5.41, 5.74) is -0.199. The molecule has 1 heterocycles. The van der Waals surface area contributed by atoms with E-state index in [1.54, 1.807) is 6.07 Å². The average Bonchev–Trinajstić information content (AvgIpc) is 3.06. The highest BCUT2D eigenvalue weighted by Crippen LogP contribution is 2.15. The van der Waals surface area contributed by atoms with Crippen molar-refractivity contribution >= 4 is 21.6 Å². The first-order valence-electron chi connectivity index (χ1n) is 6.46. The van der Waals surface area contributed by atoms with Crippen LogP contribution in [0.3, 0.4) is 0 Å². The van der Waals surface area contributed by atoms with Gasteiger partial charge in [-0.05, 0) is 24.3 Å². The molecule has 0 radical (unpaired) electrons. The standard InChI is InChI=1S/C13H13N3O6S/c17-13(12-2-1-9-22-12)14-7-8-15-23(20,21)11-5-3-10(4-6-11)16(18)19/h1-6,9,15H,7-8H2,(H,14,17). The summed E-state index contributed by atoms with van der Waals surface area (Å²) in [6, 6.07) is 7.53. The van der Waals surface area contributed by atoms with Crippen LogP contribution in [0.4, 0.5) is 5.69 Å². The quantitative estimate of drug-likeness (QED) is 0.437. The van der Waals surface area contributed by atoms with Gasteiger partial charge < -0.3 is 9.73 Å². The third-order valence-electron chi connectivity index (χ3n) is 2.81. The summed E-state index contributed by atoms with van der Waals surface area (Å²) in [6.45, 7) is 0.0253. The third-order valence-corrected chi connectivity index (χ3v) is 4.28. The number of carbonyl (C=O) groups is 1. The third kappa shape index (κ3) is 4.37. The molecule has 0 bridgehead atoms. The van der Waals surface area contributed by atoms with Crippen LogP contribution in [0.25, 0.3) is 0 Å². The van der Waals surface area contributed by atoms with E-state index in [0.29, 0.717) is 0 Å². The number of carbonyl (C=O) groups excluding carboxylic acids is 1. The molecule has 1 aromatic carbocycles. The minimum Gasteiger partial charge on any atom is -0.459 e. The van der Waals surface area contributed by atoms with Crippen molar-refractivity contribution in [3.05, 3.63) is 58.5 Å². The first kappa shape index (κ1) is 16.6. The Morgan fingerprint density at radius 3 is 2.43 bits per heavy atom. The average molecular weight is 339 g/mol. The van der Waals surface area contributed by atoms with E-state index in [9.17, 15) is 23.3 Å². The molecule has 1 amide bonds. The molecule has 0 saturated heterocycles. The van der Waals surface area contributed by atoms with E-state index in [-0.39, 0.29) is 29.4 Å². The zero-order valence-electron chi connectivity index (χ0n) is 11.8. The number of nitrogens with zero attached hydrogens (tertiary/aromatic N) is 1. The minimum absolute atomic E-state index is 0.0359. The van der Waals surface area contributed by atoms with Crippen molar-refractivity contribution in [2.75, 3.05) is 13.1 Å². The maximum Gasteiger partial charge on any atom is 0.287 e. The molecule has 1 aromatic heterocycles. The van der Waals surface area contributed by atoms with E-state index in [0.717, 1.165) is 24.3 Å². The number of sulfonamides is 1. The van der Waals surface area contributed by atoms with Gasteiger partial charge in [0.1, 0.15) is 0 Å². The Morgan fingerprint density at radius 1 is 1.17 bits per heavy atom. The number of nitro benzene ring substituents is 1. The van der Waals surface area contributed by atoms with Crippen LogP contribution in [0.1, 0.15) is 10.6 Å². The van der Waals surface area contributed by atoms with Gasteiger partial charge in [0.05, 0.1) is 16.1 Å². The summed E-state index contributed by atoms with van der Waals surface area (Å²) >= 11 is 0. The summed E-state index contributed by atoms with van der Waals surface area (Å²) in [5.74, 6) is -0.326. The number of hydrogen-bond donors (Lipinski definition) is 2. The SMILES string of the molecule is O=C(NCCNS(=O)(=O)c1ccc([N+](=O)[O-])cc1)c1ccco1. The molecule has 2 rings (SSSR count). The molecular weight excluding hydrogens is 326 g/mol. The fourth-order valence-electron chi connectivity index (χ4n) is 1.69. The van der Waals surface area contributed by atoms with Crippen LogP contribution in [-0.4, -0.2) is 32.3 Å². The lowest BCUT2D eigenvalue weighted by Crippen LogP contribution is -2.34. The van der Waals surface area contributed by atoms with Crippen LogP contribution < -0.4 is 10.0 Å². The van der Waals surface area contributed by atoms with Gasteiger partial charge in [-0.2, -0.15) is 0 Å². The van der Waals surface area contributed by atoms with Crippen molar-refractivity contribution in [3.63, 3.8) is 0 Å². The molecule has 23 heavy (non-hydrogen) atoms. The normalized spacial score (nSPS) is 11.1. The predicted octanol–water partition coefficient (Wildman–Crippen LogP) is 0.896. The lowest BCUT2D eigenvalue weighted by Gasteiger charge is -2.07. The predicted molar refractivity (Wildman–Crippen MR) is 79.3 cm³/mol. The van der Waals surface area contributed by atoms with Gasteiger partial charge in [0.2, 0.25) is 10.0 Å². The number of benzene rings is 1. The highest BCUT2D eigenvalue weighted by atomic mass is 32.2. The summed E-state index contributed by atoms with van der Waals surface area (Å²) in [6.07, 6.45) is 1.35. The Labute approximate surface area is 131 Å². The molecule has 0 aliphatic rings. The maximum atomic E-state index is 12.0. The molecule has 0 aliphatic carbocycles. The molecule has 0 spiro atoms. The summed E-state index contributed by atoms with van der Waals surface area (Å²) in [5, 5.41) is 13.0. The van der Waals surface area contributed by atoms with Gasteiger partial charge in [-0.1, -0.05) is 0 Å². The zero-order valence-corrected chi connectivity index (χ0v) is 12.6. The van der Waals surface area contributed by atoms with E-state index < -0.39 is 20.9 Å². The summed E-state index contributed by atoms with van der Waals surface area (Å²) in [4.78, 5) is 21.4. The van der Waals surface area contributed by atoms with Gasteiger partial charge in [-0.25, -0.2) is 13.1 Å². The van der Waals surface area contributed by atoms with Crippen LogP contribution in [0.5, 0.6) is 0 Å². The van der Waals surface area contributed by atoms with E-state index in [1.807, 2.05) is 0 Å². The molecule has 2 aromatic rings. The number of hydrogen-bond acceptors (Lipinski definition) is 6. The van der Waals surface area contributed by atoms with Crippen LogP contribution in [0, 0.1) is 10.1 Å². The monoisotopic (exact) mass is 339 g/mol. The number of amides is 1. The molecule has 0 fully saturated rings. The second-order valence-corrected chi connectivity index (χ2v) is 6.15. The number of non-ortho nitro benzene ring substituents is 1. The largest absolute Gasteiger partial charge is 0.459 e. The van der Waals surface area contributed by atoms with Crippen molar-refractivity contribution in [1.82, 2.24) is 10.0 Å². The lowest BCUT2D eigenvalue weighted by atomic mass is 10.3. The van der Waals surface area contributed by atoms with Crippen LogP contribution in [0.2, 0.25) is 0 Å². The molecular formula is C13H13N3O6S. The smallest absolute Gasteiger partial charge is 0.287 e. The maximum absolute atomic E-state index is 12.0. The van der Waals surface area contributed by atoms with Gasteiger partial charge in [0.15, 0.2) is 5.76 Å². The van der Waals surface area contributed by atoms with Gasteiger partial charge in [0, 0.05) is 25.2 Å². The van der Waals surface area contributed by atoms with Crippen molar-refractivity contribution in [2.24, 2.45) is 0 Å². The Balaban J connectivity index is 1.86. The molecule has 0 aliphatic heterocycles. The number of furan rings is 1. The second-order valence-electron chi connectivity index (χ2n) is 4.38. The highest BCUT2D eigenvalue weighted by molar-refractivity contribution is 7.89. The Bertz CT molecular complexity index is 784. The van der Waals surface area contributed by atoms with Crippen LogP contribution >= 0.6 is 0 Å². The minimum atomic E-state index is -3.80. The van der Waals surface area contributed by atoms with Gasteiger partial charge in [-0.3, -0.25) is 14.9 Å². The van der Waals surface area contributed by atoms with E-state index in [4.69, 9.17) is 4.42 Å². The highest BCUT2D eigenvalue weighted by Gasteiger charge is 2.15. The van der Waals surface area contributed by atoms with E-state index in [2.05, 4.69) is 10.0 Å². The fraction of sp³-hybridized carbons (Fsp3) is 0.154. The van der Waals surface area contributed by atoms with E-state index >= 15 is 0 Å². The summed E-state index contributed by atoms with van der Waals surface area (Å²) in [7, 11) is -3.80. The Hall–Kier alpha value is -2.72. The molecule has 2 N–H and O–H groups in total. The number of nitro groups is 1. The van der Waals surface area contributed by atoms with Crippen molar-refractivity contribution < 1.29 is 22.6 Å². The molecule has 10 heteroatoms. The second kappa shape index (κ2) is 7.03. The van der Waals surface area contributed by atoms with Crippen LogP contribution in [-0.2, 0) is 10.0 Å². The lowest BCUT2D eigenvalue weighted by molar-refractivity contribution is -0.384. The van der Waals surface area contributed by atoms with Crippen LogP contribution in [0.15, 0.2) is 52.0 Å². The molecule has 0 atom stereocenters. The number of nitrogens with one attached hydrogen (secondary N) is 2. The molecule has 9 nitrogen and oxygen atoms in total.